The molecule has 28 heavy (non-hydrogen) atoms. The van der Waals surface area contributed by atoms with Gasteiger partial charge in [0.25, 0.3) is 0 Å². The third-order valence-electron chi connectivity index (χ3n) is 5.08. The largest absolute Gasteiger partial charge is 0.506 e. The van der Waals surface area contributed by atoms with E-state index in [9.17, 15) is 31.5 Å². The Morgan fingerprint density at radius 1 is 1.25 bits per heavy atom. The summed E-state index contributed by atoms with van der Waals surface area (Å²) >= 11 is 0. The van der Waals surface area contributed by atoms with E-state index in [1.54, 1.807) is 13.8 Å². The molecule has 2 rings (SSSR count). The van der Waals surface area contributed by atoms with Crippen molar-refractivity contribution in [3.05, 3.63) is 18.2 Å². The number of phenols is 1. The maximum Gasteiger partial charge on any atom is 0.391 e. The van der Waals surface area contributed by atoms with Crippen molar-refractivity contribution < 1.29 is 31.5 Å². The summed E-state index contributed by atoms with van der Waals surface area (Å²) < 4.78 is 65.3. The number of phenolic OH excluding ortho intramolecular Hbond substituents is 1. The standard InChI is InChI=1S/C18H25F3N2O4S/c1-3-23(4-2)28(26,27)14-8-9-16(24)15(11-14)22-17(25)12-6-5-7-13(10-12)18(19,20)21/h8-9,11-13,24H,3-7,10H2,1-2H3,(H,22,25)/t12-,13-/m0/s1. The Kier molecular flexibility index (Phi) is 6.97. The van der Waals surface area contributed by atoms with Crippen LogP contribution in [0, 0.1) is 11.8 Å². The first-order valence-corrected chi connectivity index (χ1v) is 10.6. The maximum atomic E-state index is 13.0. The van der Waals surface area contributed by atoms with E-state index < -0.39 is 33.9 Å². The average molecular weight is 422 g/mol. The highest BCUT2D eigenvalue weighted by Crippen LogP contribution is 2.40. The van der Waals surface area contributed by atoms with E-state index in [2.05, 4.69) is 5.32 Å². The van der Waals surface area contributed by atoms with Gasteiger partial charge in [-0.05, 0) is 37.5 Å². The molecule has 1 aromatic carbocycles. The highest BCUT2D eigenvalue weighted by Gasteiger charge is 2.43. The topological polar surface area (TPSA) is 86.7 Å². The third kappa shape index (κ3) is 4.96. The number of hydrogen-bond acceptors (Lipinski definition) is 4. The summed E-state index contributed by atoms with van der Waals surface area (Å²) in [6.07, 6.45) is -4.07. The van der Waals surface area contributed by atoms with E-state index in [-0.39, 0.29) is 48.7 Å². The Bertz CT molecular complexity index is 808. The van der Waals surface area contributed by atoms with Crippen LogP contribution in [0.25, 0.3) is 0 Å². The minimum absolute atomic E-state index is 0.00384. The monoisotopic (exact) mass is 422 g/mol. The second-order valence-corrected chi connectivity index (χ2v) is 8.80. The lowest BCUT2D eigenvalue weighted by Gasteiger charge is -2.29. The molecule has 0 unspecified atom stereocenters. The number of rotatable bonds is 6. The van der Waals surface area contributed by atoms with Gasteiger partial charge in [-0.1, -0.05) is 20.3 Å². The van der Waals surface area contributed by atoms with Gasteiger partial charge in [0.1, 0.15) is 5.75 Å². The second kappa shape index (κ2) is 8.69. The van der Waals surface area contributed by atoms with Crippen LogP contribution in [0.2, 0.25) is 0 Å². The van der Waals surface area contributed by atoms with E-state index in [0.717, 1.165) is 12.1 Å². The van der Waals surface area contributed by atoms with Crippen molar-refractivity contribution in [2.45, 2.75) is 50.6 Å². The molecule has 1 amide bonds. The van der Waals surface area contributed by atoms with Gasteiger partial charge in [0.05, 0.1) is 16.5 Å². The van der Waals surface area contributed by atoms with Crippen molar-refractivity contribution in [3.63, 3.8) is 0 Å². The van der Waals surface area contributed by atoms with Gasteiger partial charge in [-0.15, -0.1) is 0 Å². The molecular formula is C18H25F3N2O4S. The third-order valence-corrected chi connectivity index (χ3v) is 7.12. The molecule has 1 saturated carbocycles. The molecule has 0 aromatic heterocycles. The highest BCUT2D eigenvalue weighted by molar-refractivity contribution is 7.89. The lowest BCUT2D eigenvalue weighted by atomic mass is 9.80. The van der Waals surface area contributed by atoms with Crippen LogP contribution >= 0.6 is 0 Å². The Balaban J connectivity index is 2.21. The van der Waals surface area contributed by atoms with Crippen molar-refractivity contribution in [2.75, 3.05) is 18.4 Å². The number of anilines is 1. The number of nitrogens with zero attached hydrogens (tertiary/aromatic N) is 1. The van der Waals surface area contributed by atoms with Crippen molar-refractivity contribution in [1.82, 2.24) is 4.31 Å². The number of carbonyl (C=O) groups is 1. The fourth-order valence-electron chi connectivity index (χ4n) is 3.45. The zero-order chi connectivity index (χ0) is 21.1. The van der Waals surface area contributed by atoms with Crippen molar-refractivity contribution in [2.24, 2.45) is 11.8 Å². The molecule has 6 nitrogen and oxygen atoms in total. The molecule has 1 aliphatic rings. The molecule has 0 spiro atoms. The first kappa shape index (κ1) is 22.5. The first-order valence-electron chi connectivity index (χ1n) is 9.21. The van der Waals surface area contributed by atoms with Crippen LogP contribution in [0.3, 0.4) is 0 Å². The zero-order valence-corrected chi connectivity index (χ0v) is 16.6. The van der Waals surface area contributed by atoms with Crippen LogP contribution in [-0.2, 0) is 14.8 Å². The fourth-order valence-corrected chi connectivity index (χ4v) is 4.93. The SMILES string of the molecule is CCN(CC)S(=O)(=O)c1ccc(O)c(NC(=O)[C@H]2CCC[C@H](C(F)(F)F)C2)c1. The van der Waals surface area contributed by atoms with Crippen molar-refractivity contribution in [3.8, 4) is 5.75 Å². The van der Waals surface area contributed by atoms with Gasteiger partial charge in [-0.25, -0.2) is 8.42 Å². The molecule has 0 aliphatic heterocycles. The molecule has 1 fully saturated rings. The molecule has 0 heterocycles. The number of hydrogen-bond donors (Lipinski definition) is 2. The van der Waals surface area contributed by atoms with Crippen LogP contribution < -0.4 is 5.32 Å². The van der Waals surface area contributed by atoms with Gasteiger partial charge < -0.3 is 10.4 Å². The Hall–Kier alpha value is -1.81. The van der Waals surface area contributed by atoms with Crippen LogP contribution in [-0.4, -0.2) is 43.0 Å². The van der Waals surface area contributed by atoms with E-state index in [4.69, 9.17) is 0 Å². The van der Waals surface area contributed by atoms with Crippen molar-refractivity contribution >= 4 is 21.6 Å². The summed E-state index contributed by atoms with van der Waals surface area (Å²) in [5.41, 5.74) is -0.132. The first-order chi connectivity index (χ1) is 13.0. The predicted octanol–water partition coefficient (Wildman–Crippen LogP) is 3.73. The predicted molar refractivity (Wildman–Crippen MR) is 98.3 cm³/mol. The number of alkyl halides is 3. The number of sulfonamides is 1. The minimum Gasteiger partial charge on any atom is -0.506 e. The molecule has 158 valence electrons. The highest BCUT2D eigenvalue weighted by atomic mass is 32.2. The van der Waals surface area contributed by atoms with Crippen LogP contribution in [0.1, 0.15) is 39.5 Å². The quantitative estimate of drug-likeness (QED) is 0.684. The van der Waals surface area contributed by atoms with Gasteiger partial charge >= 0.3 is 6.18 Å². The lowest BCUT2D eigenvalue weighted by molar-refractivity contribution is -0.185. The minimum atomic E-state index is -4.35. The average Bonchev–Trinajstić information content (AvgIpc) is 2.63. The molecule has 0 radical (unpaired) electrons. The second-order valence-electron chi connectivity index (χ2n) is 6.86. The van der Waals surface area contributed by atoms with Crippen LogP contribution in [0.15, 0.2) is 23.1 Å². The molecule has 2 atom stereocenters. The van der Waals surface area contributed by atoms with E-state index in [0.29, 0.717) is 6.42 Å². The van der Waals surface area contributed by atoms with Crippen LogP contribution in [0.5, 0.6) is 5.75 Å². The van der Waals surface area contributed by atoms with E-state index in [1.807, 2.05) is 0 Å². The molecule has 0 bridgehead atoms. The Morgan fingerprint density at radius 2 is 1.89 bits per heavy atom. The van der Waals surface area contributed by atoms with Gasteiger partial charge in [0.15, 0.2) is 0 Å². The van der Waals surface area contributed by atoms with Crippen molar-refractivity contribution in [1.29, 1.82) is 0 Å². The van der Waals surface area contributed by atoms with Crippen LogP contribution in [0.4, 0.5) is 18.9 Å². The van der Waals surface area contributed by atoms with E-state index >= 15 is 0 Å². The summed E-state index contributed by atoms with van der Waals surface area (Å²) in [5.74, 6) is -3.38. The Labute approximate surface area is 162 Å². The lowest BCUT2D eigenvalue weighted by Crippen LogP contribution is -2.34. The maximum absolute atomic E-state index is 13.0. The molecular weight excluding hydrogens is 397 g/mol. The fraction of sp³-hybridized carbons (Fsp3) is 0.611. The number of nitrogens with one attached hydrogen (secondary N) is 1. The number of halogens is 3. The summed E-state index contributed by atoms with van der Waals surface area (Å²) in [6, 6.07) is 3.50. The Morgan fingerprint density at radius 3 is 2.46 bits per heavy atom. The number of aromatic hydroxyl groups is 1. The molecule has 1 aromatic rings. The van der Waals surface area contributed by atoms with Gasteiger partial charge in [-0.3, -0.25) is 4.79 Å². The zero-order valence-electron chi connectivity index (χ0n) is 15.8. The summed E-state index contributed by atoms with van der Waals surface area (Å²) in [5, 5.41) is 12.4. The molecule has 2 N–H and O–H groups in total. The van der Waals surface area contributed by atoms with Gasteiger partial charge in [0.2, 0.25) is 15.9 Å². The molecule has 1 aliphatic carbocycles. The van der Waals surface area contributed by atoms with Gasteiger partial charge in [0, 0.05) is 19.0 Å². The number of benzene rings is 1. The smallest absolute Gasteiger partial charge is 0.391 e. The molecule has 10 heteroatoms. The summed E-state index contributed by atoms with van der Waals surface area (Å²) in [6.45, 7) is 3.87. The number of carbonyl (C=O) groups excluding carboxylic acids is 1. The number of amides is 1. The van der Waals surface area contributed by atoms with E-state index in [1.165, 1.54) is 10.4 Å². The van der Waals surface area contributed by atoms with Gasteiger partial charge in [-0.2, -0.15) is 17.5 Å². The normalized spacial score (nSPS) is 20.9. The summed E-state index contributed by atoms with van der Waals surface area (Å²) in [7, 11) is -3.81. The summed E-state index contributed by atoms with van der Waals surface area (Å²) in [4.78, 5) is 12.3. The molecule has 0 saturated heterocycles.